The van der Waals surface area contributed by atoms with Gasteiger partial charge in [-0.15, -0.1) is 10.2 Å². The summed E-state index contributed by atoms with van der Waals surface area (Å²) >= 11 is 0. The van der Waals surface area contributed by atoms with Gasteiger partial charge in [0.05, 0.1) is 4.92 Å². The standard InChI is InChI=1S/C18H19N5O2/c24-23(25)16-7-3-5-14(11-16)12-21-9-4-6-15(13-21)18-20-19-17-8-1-2-10-22(17)18/h1-3,5,7-8,10-11,15H,4,6,9,12-13H2/t15-/m0/s1. The van der Waals surface area contributed by atoms with E-state index in [1.54, 1.807) is 12.1 Å². The van der Waals surface area contributed by atoms with Gasteiger partial charge in [0, 0.05) is 37.3 Å². The summed E-state index contributed by atoms with van der Waals surface area (Å²) in [7, 11) is 0. The van der Waals surface area contributed by atoms with Crippen LogP contribution in [-0.4, -0.2) is 37.5 Å². The average molecular weight is 337 g/mol. The fourth-order valence-corrected chi connectivity index (χ4v) is 3.57. The molecule has 7 heteroatoms. The van der Waals surface area contributed by atoms with Crippen molar-refractivity contribution in [3.63, 3.8) is 0 Å². The van der Waals surface area contributed by atoms with Crippen LogP contribution in [0.25, 0.3) is 5.65 Å². The predicted molar refractivity (Wildman–Crippen MR) is 93.3 cm³/mol. The van der Waals surface area contributed by atoms with Crippen LogP contribution in [-0.2, 0) is 6.54 Å². The molecular formula is C18H19N5O2. The van der Waals surface area contributed by atoms with Gasteiger partial charge >= 0.3 is 0 Å². The Labute approximate surface area is 145 Å². The molecule has 1 aliphatic heterocycles. The maximum absolute atomic E-state index is 11.0. The maximum atomic E-state index is 11.0. The normalized spacial score (nSPS) is 18.5. The van der Waals surface area contributed by atoms with Crippen LogP contribution in [0.3, 0.4) is 0 Å². The maximum Gasteiger partial charge on any atom is 0.269 e. The van der Waals surface area contributed by atoms with E-state index in [9.17, 15) is 10.1 Å². The molecule has 0 bridgehead atoms. The summed E-state index contributed by atoms with van der Waals surface area (Å²) in [6.07, 6.45) is 4.17. The molecule has 0 unspecified atom stereocenters. The van der Waals surface area contributed by atoms with Crippen molar-refractivity contribution < 1.29 is 4.92 Å². The second kappa shape index (κ2) is 6.60. The average Bonchev–Trinajstić information content (AvgIpc) is 3.06. The molecule has 4 rings (SSSR count). The Hall–Kier alpha value is -2.80. The molecule has 1 atom stereocenters. The summed E-state index contributed by atoms with van der Waals surface area (Å²) in [6, 6.07) is 12.8. The zero-order valence-corrected chi connectivity index (χ0v) is 13.8. The van der Waals surface area contributed by atoms with Gasteiger partial charge in [0.25, 0.3) is 5.69 Å². The van der Waals surface area contributed by atoms with Crippen LogP contribution in [0.4, 0.5) is 5.69 Å². The number of pyridine rings is 1. The third-order valence-electron chi connectivity index (χ3n) is 4.74. The lowest BCUT2D eigenvalue weighted by Crippen LogP contribution is -2.34. The van der Waals surface area contributed by atoms with Crippen molar-refractivity contribution in [2.24, 2.45) is 0 Å². The molecular weight excluding hydrogens is 318 g/mol. The first-order valence-electron chi connectivity index (χ1n) is 8.46. The largest absolute Gasteiger partial charge is 0.298 e. The lowest BCUT2D eigenvalue weighted by atomic mass is 9.96. The van der Waals surface area contributed by atoms with Crippen LogP contribution >= 0.6 is 0 Å². The van der Waals surface area contributed by atoms with E-state index in [2.05, 4.69) is 19.5 Å². The fourth-order valence-electron chi connectivity index (χ4n) is 3.57. The van der Waals surface area contributed by atoms with Gasteiger partial charge in [-0.2, -0.15) is 0 Å². The summed E-state index contributed by atoms with van der Waals surface area (Å²) in [5, 5.41) is 19.6. The van der Waals surface area contributed by atoms with Crippen molar-refractivity contribution in [2.45, 2.75) is 25.3 Å². The molecule has 0 aliphatic carbocycles. The van der Waals surface area contributed by atoms with Crippen LogP contribution < -0.4 is 0 Å². The Kier molecular flexibility index (Phi) is 4.15. The van der Waals surface area contributed by atoms with Gasteiger partial charge in [-0.3, -0.25) is 19.4 Å². The van der Waals surface area contributed by atoms with Crippen molar-refractivity contribution >= 4 is 11.3 Å². The number of hydrogen-bond acceptors (Lipinski definition) is 5. The first-order valence-corrected chi connectivity index (χ1v) is 8.46. The van der Waals surface area contributed by atoms with Crippen LogP contribution in [0.1, 0.15) is 30.1 Å². The molecule has 1 aliphatic rings. The highest BCUT2D eigenvalue weighted by molar-refractivity contribution is 5.38. The Balaban J connectivity index is 1.51. The molecule has 0 radical (unpaired) electrons. The molecule has 0 amide bonds. The van der Waals surface area contributed by atoms with Crippen molar-refractivity contribution in [1.29, 1.82) is 0 Å². The smallest absolute Gasteiger partial charge is 0.269 e. The van der Waals surface area contributed by atoms with Gasteiger partial charge in [0.2, 0.25) is 0 Å². The Morgan fingerprint density at radius 2 is 2.12 bits per heavy atom. The van der Waals surface area contributed by atoms with Gasteiger partial charge < -0.3 is 0 Å². The molecule has 2 aromatic heterocycles. The minimum absolute atomic E-state index is 0.148. The van der Waals surface area contributed by atoms with Crippen molar-refractivity contribution in [3.8, 4) is 0 Å². The SMILES string of the molecule is O=[N+]([O-])c1cccc(CN2CCC[C@H](c3nnc4ccccn34)C2)c1. The van der Waals surface area contributed by atoms with E-state index in [0.29, 0.717) is 5.92 Å². The quantitative estimate of drug-likeness (QED) is 0.540. The highest BCUT2D eigenvalue weighted by Gasteiger charge is 2.25. The Morgan fingerprint density at radius 3 is 3.00 bits per heavy atom. The summed E-state index contributed by atoms with van der Waals surface area (Å²) in [5.41, 5.74) is 1.99. The molecule has 1 aromatic carbocycles. The van der Waals surface area contributed by atoms with E-state index in [0.717, 1.165) is 49.5 Å². The van der Waals surface area contributed by atoms with E-state index in [1.807, 2.05) is 30.5 Å². The van der Waals surface area contributed by atoms with E-state index >= 15 is 0 Å². The lowest BCUT2D eigenvalue weighted by molar-refractivity contribution is -0.384. The molecule has 0 saturated carbocycles. The van der Waals surface area contributed by atoms with Crippen molar-refractivity contribution in [3.05, 3.63) is 70.2 Å². The van der Waals surface area contributed by atoms with Crippen LogP contribution in [0.2, 0.25) is 0 Å². The van der Waals surface area contributed by atoms with Gasteiger partial charge in [-0.05, 0) is 37.1 Å². The summed E-state index contributed by atoms with van der Waals surface area (Å²) in [5.74, 6) is 1.32. The molecule has 3 aromatic rings. The molecule has 25 heavy (non-hydrogen) atoms. The summed E-state index contributed by atoms with van der Waals surface area (Å²) < 4.78 is 2.06. The van der Waals surface area contributed by atoms with E-state index < -0.39 is 0 Å². The molecule has 128 valence electrons. The molecule has 3 heterocycles. The van der Waals surface area contributed by atoms with Crippen LogP contribution in [0.5, 0.6) is 0 Å². The van der Waals surface area contributed by atoms with Gasteiger partial charge in [-0.25, -0.2) is 0 Å². The zero-order valence-electron chi connectivity index (χ0n) is 13.8. The second-order valence-electron chi connectivity index (χ2n) is 6.49. The number of rotatable bonds is 4. The second-order valence-corrected chi connectivity index (χ2v) is 6.49. The number of benzene rings is 1. The monoisotopic (exact) mass is 337 g/mol. The molecule has 1 fully saturated rings. The minimum Gasteiger partial charge on any atom is -0.298 e. The van der Waals surface area contributed by atoms with E-state index in [1.165, 1.54) is 6.07 Å². The minimum atomic E-state index is -0.342. The first kappa shape index (κ1) is 15.7. The van der Waals surface area contributed by atoms with Gasteiger partial charge in [0.15, 0.2) is 5.65 Å². The lowest BCUT2D eigenvalue weighted by Gasteiger charge is -2.31. The number of aromatic nitrogens is 3. The Morgan fingerprint density at radius 1 is 1.20 bits per heavy atom. The number of nitro benzene ring substituents is 1. The van der Waals surface area contributed by atoms with Crippen molar-refractivity contribution in [1.82, 2.24) is 19.5 Å². The molecule has 0 N–H and O–H groups in total. The number of likely N-dealkylation sites (tertiary alicyclic amines) is 1. The third kappa shape index (κ3) is 3.23. The number of non-ortho nitro benzene ring substituents is 1. The van der Waals surface area contributed by atoms with E-state index in [4.69, 9.17) is 0 Å². The summed E-state index contributed by atoms with van der Waals surface area (Å²) in [6.45, 7) is 2.60. The predicted octanol–water partition coefficient (Wildman–Crippen LogP) is 3.02. The number of piperidine rings is 1. The molecule has 0 spiro atoms. The highest BCUT2D eigenvalue weighted by Crippen LogP contribution is 2.27. The van der Waals surface area contributed by atoms with Crippen LogP contribution in [0, 0.1) is 10.1 Å². The number of hydrogen-bond donors (Lipinski definition) is 0. The fraction of sp³-hybridized carbons (Fsp3) is 0.333. The van der Waals surface area contributed by atoms with Gasteiger partial charge in [-0.1, -0.05) is 18.2 Å². The number of fused-ring (bicyclic) bond motifs is 1. The van der Waals surface area contributed by atoms with Crippen molar-refractivity contribution in [2.75, 3.05) is 13.1 Å². The third-order valence-corrected chi connectivity index (χ3v) is 4.74. The zero-order chi connectivity index (χ0) is 17.2. The van der Waals surface area contributed by atoms with Gasteiger partial charge in [0.1, 0.15) is 5.82 Å². The van der Waals surface area contributed by atoms with E-state index in [-0.39, 0.29) is 10.6 Å². The number of nitro groups is 1. The first-order chi connectivity index (χ1) is 12.2. The molecule has 1 saturated heterocycles. The molecule has 7 nitrogen and oxygen atoms in total. The summed E-state index contributed by atoms with van der Waals surface area (Å²) in [4.78, 5) is 13.0. The van der Waals surface area contributed by atoms with Crippen LogP contribution in [0.15, 0.2) is 48.7 Å². The topological polar surface area (TPSA) is 76.6 Å². The highest BCUT2D eigenvalue weighted by atomic mass is 16.6. The Bertz CT molecular complexity index is 907. The number of nitrogens with zero attached hydrogens (tertiary/aromatic N) is 5.